The molecule has 1 N–H and O–H groups in total. The Morgan fingerprint density at radius 3 is 2.55 bits per heavy atom. The van der Waals surface area contributed by atoms with E-state index in [1.807, 2.05) is 6.92 Å². The molecule has 1 aromatic rings. The molecule has 0 spiro atoms. The lowest BCUT2D eigenvalue weighted by Crippen LogP contribution is -2.47. The van der Waals surface area contributed by atoms with Gasteiger partial charge >= 0.3 is 5.97 Å². The second kappa shape index (κ2) is 7.43. The monoisotopic (exact) mass is 303 g/mol. The van der Waals surface area contributed by atoms with Crippen LogP contribution in [0.1, 0.15) is 43.7 Å². The molecule has 120 valence electrons. The van der Waals surface area contributed by atoms with E-state index in [0.717, 1.165) is 19.3 Å². The summed E-state index contributed by atoms with van der Waals surface area (Å²) in [4.78, 5) is 25.2. The Labute approximate surface area is 132 Å². The number of carboxylic acids is 1. The third-order valence-electron chi connectivity index (χ3n) is 4.53. The zero-order chi connectivity index (χ0) is 16.1. The van der Waals surface area contributed by atoms with Crippen LogP contribution in [0.2, 0.25) is 0 Å². The number of carboxylic acid groups (broad SMARTS) is 1. The summed E-state index contributed by atoms with van der Waals surface area (Å²) in [6.07, 6.45) is 3.63. The highest BCUT2D eigenvalue weighted by molar-refractivity contribution is 5.78. The van der Waals surface area contributed by atoms with E-state index in [1.54, 1.807) is 4.90 Å². The molecule has 1 aliphatic heterocycles. The van der Waals surface area contributed by atoms with Crippen molar-refractivity contribution in [2.24, 2.45) is 5.92 Å². The van der Waals surface area contributed by atoms with Gasteiger partial charge in [-0.15, -0.1) is 0 Å². The van der Waals surface area contributed by atoms with Gasteiger partial charge in [-0.2, -0.15) is 0 Å². The predicted molar refractivity (Wildman–Crippen MR) is 85.7 cm³/mol. The Hall–Kier alpha value is -1.84. The minimum Gasteiger partial charge on any atom is -0.481 e. The molecule has 2 unspecified atom stereocenters. The van der Waals surface area contributed by atoms with Crippen molar-refractivity contribution in [1.82, 2.24) is 4.90 Å². The third kappa shape index (κ3) is 4.33. The predicted octanol–water partition coefficient (Wildman–Crippen LogP) is 3.03. The van der Waals surface area contributed by atoms with E-state index in [-0.39, 0.29) is 11.9 Å². The van der Waals surface area contributed by atoms with Crippen molar-refractivity contribution < 1.29 is 14.7 Å². The smallest absolute Gasteiger partial charge is 0.308 e. The number of hydrogen-bond acceptors (Lipinski definition) is 2. The fourth-order valence-electron chi connectivity index (χ4n) is 3.00. The molecule has 2 atom stereocenters. The lowest BCUT2D eigenvalue weighted by molar-refractivity contribution is -0.147. The lowest BCUT2D eigenvalue weighted by Gasteiger charge is -2.36. The molecule has 4 heteroatoms. The van der Waals surface area contributed by atoms with E-state index in [0.29, 0.717) is 19.4 Å². The SMILES string of the molecule is Cc1ccc(CCCC(=O)N2CC(C(=O)O)CCC2C)cc1. The summed E-state index contributed by atoms with van der Waals surface area (Å²) in [6.45, 7) is 4.43. The van der Waals surface area contributed by atoms with Crippen LogP contribution in [-0.2, 0) is 16.0 Å². The van der Waals surface area contributed by atoms with Gasteiger partial charge in [0, 0.05) is 19.0 Å². The highest BCUT2D eigenvalue weighted by atomic mass is 16.4. The largest absolute Gasteiger partial charge is 0.481 e. The first-order valence-corrected chi connectivity index (χ1v) is 8.05. The fraction of sp³-hybridized carbons (Fsp3) is 0.556. The maximum absolute atomic E-state index is 12.4. The van der Waals surface area contributed by atoms with Crippen LogP contribution in [0.25, 0.3) is 0 Å². The summed E-state index contributed by atoms with van der Waals surface area (Å²) in [6, 6.07) is 8.53. The Bertz CT molecular complexity index is 524. The van der Waals surface area contributed by atoms with Crippen molar-refractivity contribution in [2.45, 2.75) is 52.0 Å². The molecule has 1 aliphatic rings. The summed E-state index contributed by atoms with van der Waals surface area (Å²) in [5, 5.41) is 9.13. The maximum Gasteiger partial charge on any atom is 0.308 e. The van der Waals surface area contributed by atoms with Gasteiger partial charge in [-0.3, -0.25) is 9.59 Å². The minimum atomic E-state index is -0.788. The molecule has 2 rings (SSSR count). The summed E-state index contributed by atoms with van der Waals surface area (Å²) >= 11 is 0. The van der Waals surface area contributed by atoms with Gasteiger partial charge in [0.25, 0.3) is 0 Å². The van der Waals surface area contributed by atoms with Crippen LogP contribution in [0, 0.1) is 12.8 Å². The molecule has 0 radical (unpaired) electrons. The normalized spacial score (nSPS) is 21.6. The van der Waals surface area contributed by atoms with Gasteiger partial charge in [0.15, 0.2) is 0 Å². The molecule has 1 amide bonds. The van der Waals surface area contributed by atoms with Gasteiger partial charge in [0.05, 0.1) is 5.92 Å². The third-order valence-corrected chi connectivity index (χ3v) is 4.53. The quantitative estimate of drug-likeness (QED) is 0.909. The van der Waals surface area contributed by atoms with Gasteiger partial charge in [-0.25, -0.2) is 0 Å². The van der Waals surface area contributed by atoms with E-state index in [2.05, 4.69) is 31.2 Å². The molecular weight excluding hydrogens is 278 g/mol. The van der Waals surface area contributed by atoms with E-state index in [9.17, 15) is 9.59 Å². The summed E-state index contributed by atoms with van der Waals surface area (Å²) < 4.78 is 0. The standard InChI is InChI=1S/C18H25NO3/c1-13-6-9-15(10-7-13)4-3-5-17(20)19-12-16(18(21)22)11-8-14(19)2/h6-7,9-10,14,16H,3-5,8,11-12H2,1-2H3,(H,21,22). The van der Waals surface area contributed by atoms with Crippen LogP contribution >= 0.6 is 0 Å². The number of hydrogen-bond donors (Lipinski definition) is 1. The number of likely N-dealkylation sites (tertiary alicyclic amines) is 1. The van der Waals surface area contributed by atoms with E-state index in [4.69, 9.17) is 5.11 Å². The second-order valence-corrected chi connectivity index (χ2v) is 6.35. The number of nitrogens with zero attached hydrogens (tertiary/aromatic N) is 1. The van der Waals surface area contributed by atoms with Crippen molar-refractivity contribution in [3.63, 3.8) is 0 Å². The lowest BCUT2D eigenvalue weighted by atomic mass is 9.93. The van der Waals surface area contributed by atoms with Gasteiger partial charge in [0.1, 0.15) is 0 Å². The van der Waals surface area contributed by atoms with Crippen molar-refractivity contribution in [3.05, 3.63) is 35.4 Å². The minimum absolute atomic E-state index is 0.0885. The molecule has 1 aromatic carbocycles. The van der Waals surface area contributed by atoms with Crippen LogP contribution in [0.15, 0.2) is 24.3 Å². The number of carbonyl (C=O) groups excluding carboxylic acids is 1. The van der Waals surface area contributed by atoms with E-state index < -0.39 is 11.9 Å². The molecule has 1 saturated heterocycles. The highest BCUT2D eigenvalue weighted by Gasteiger charge is 2.32. The average molecular weight is 303 g/mol. The molecule has 0 bridgehead atoms. The first-order chi connectivity index (χ1) is 10.5. The number of piperidine rings is 1. The number of benzene rings is 1. The van der Waals surface area contributed by atoms with Crippen molar-refractivity contribution in [3.8, 4) is 0 Å². The molecule has 1 fully saturated rings. The van der Waals surface area contributed by atoms with Gasteiger partial charge in [0.2, 0.25) is 5.91 Å². The summed E-state index contributed by atoms with van der Waals surface area (Å²) in [5.74, 6) is -1.10. The van der Waals surface area contributed by atoms with Gasteiger partial charge in [-0.05, 0) is 45.1 Å². The first kappa shape index (κ1) is 16.5. The number of rotatable bonds is 5. The number of amides is 1. The summed E-state index contributed by atoms with van der Waals surface area (Å²) in [5.41, 5.74) is 2.48. The van der Waals surface area contributed by atoms with E-state index >= 15 is 0 Å². The van der Waals surface area contributed by atoms with Crippen LogP contribution in [-0.4, -0.2) is 34.5 Å². The Morgan fingerprint density at radius 1 is 1.23 bits per heavy atom. The highest BCUT2D eigenvalue weighted by Crippen LogP contribution is 2.23. The zero-order valence-electron chi connectivity index (χ0n) is 13.4. The second-order valence-electron chi connectivity index (χ2n) is 6.35. The first-order valence-electron chi connectivity index (χ1n) is 8.05. The van der Waals surface area contributed by atoms with Crippen LogP contribution < -0.4 is 0 Å². The topological polar surface area (TPSA) is 57.6 Å². The molecule has 0 saturated carbocycles. The zero-order valence-corrected chi connectivity index (χ0v) is 13.4. The van der Waals surface area contributed by atoms with Crippen LogP contribution in [0.5, 0.6) is 0 Å². The maximum atomic E-state index is 12.4. The van der Waals surface area contributed by atoms with Crippen molar-refractivity contribution in [1.29, 1.82) is 0 Å². The molecule has 4 nitrogen and oxygen atoms in total. The van der Waals surface area contributed by atoms with Crippen molar-refractivity contribution >= 4 is 11.9 Å². The van der Waals surface area contributed by atoms with Crippen molar-refractivity contribution in [2.75, 3.05) is 6.54 Å². The van der Waals surface area contributed by atoms with Gasteiger partial charge < -0.3 is 10.0 Å². The number of aryl methyl sites for hydroxylation is 2. The summed E-state index contributed by atoms with van der Waals surface area (Å²) in [7, 11) is 0. The molecular formula is C18H25NO3. The molecule has 0 aliphatic carbocycles. The molecule has 0 aromatic heterocycles. The van der Waals surface area contributed by atoms with Crippen LogP contribution in [0.3, 0.4) is 0 Å². The Morgan fingerprint density at radius 2 is 1.91 bits per heavy atom. The van der Waals surface area contributed by atoms with Gasteiger partial charge in [-0.1, -0.05) is 29.8 Å². The fourth-order valence-corrected chi connectivity index (χ4v) is 3.00. The Kier molecular flexibility index (Phi) is 5.58. The molecule has 22 heavy (non-hydrogen) atoms. The van der Waals surface area contributed by atoms with Crippen LogP contribution in [0.4, 0.5) is 0 Å². The van der Waals surface area contributed by atoms with E-state index in [1.165, 1.54) is 11.1 Å². The number of carbonyl (C=O) groups is 2. The molecule has 1 heterocycles. The number of aliphatic carboxylic acids is 1. The average Bonchev–Trinajstić information content (AvgIpc) is 2.49. The Balaban J connectivity index is 1.82.